The summed E-state index contributed by atoms with van der Waals surface area (Å²) >= 11 is 0. The fraction of sp³-hybridized carbons (Fsp3) is 0.381. The lowest BCUT2D eigenvalue weighted by atomic mass is 9.89. The van der Waals surface area contributed by atoms with Gasteiger partial charge in [-0.3, -0.25) is 4.79 Å². The maximum absolute atomic E-state index is 12.8. The zero-order valence-corrected chi connectivity index (χ0v) is 17.0. The van der Waals surface area contributed by atoms with E-state index in [9.17, 15) is 13.6 Å². The van der Waals surface area contributed by atoms with Crippen LogP contribution in [0.15, 0.2) is 34.7 Å². The highest BCUT2D eigenvalue weighted by Crippen LogP contribution is 2.35. The molecule has 1 fully saturated rings. The standard InChI is InChI=1S/C21H19B2F2NO5/c1-11-17-15-3-2-13(31-19(23)20(24)25)8-12(15)4-5-26(17)21(16(22)18(11)27)30-10-14-9-28-6-7-29-14/h2-3,8,14H,4-7,9-10H2,1H3/t14-/m0/s1. The van der Waals surface area contributed by atoms with Crippen molar-refractivity contribution in [3.05, 3.63) is 51.3 Å². The lowest BCUT2D eigenvalue weighted by Crippen LogP contribution is -2.38. The molecule has 1 aromatic carbocycles. The molecule has 1 aromatic heterocycles. The summed E-state index contributed by atoms with van der Waals surface area (Å²) in [6, 6.07) is 4.88. The minimum Gasteiger partial charge on any atom is -0.476 e. The molecule has 158 valence electrons. The number of ether oxygens (including phenoxy) is 4. The lowest BCUT2D eigenvalue weighted by Gasteiger charge is -2.29. The predicted octanol–water partition coefficient (Wildman–Crippen LogP) is 1.58. The third-order valence-corrected chi connectivity index (χ3v) is 5.33. The Hall–Kier alpha value is -2.58. The number of halogens is 2. The second-order valence-corrected chi connectivity index (χ2v) is 7.35. The van der Waals surface area contributed by atoms with Crippen molar-refractivity contribution in [3.63, 3.8) is 0 Å². The summed E-state index contributed by atoms with van der Waals surface area (Å²) in [6.45, 7) is 3.82. The summed E-state index contributed by atoms with van der Waals surface area (Å²) in [5.74, 6) is 0.483. The molecular weight excluding hydrogens is 406 g/mol. The molecule has 0 N–H and O–H groups in total. The van der Waals surface area contributed by atoms with Crippen molar-refractivity contribution in [2.45, 2.75) is 26.0 Å². The Balaban J connectivity index is 1.70. The molecule has 2 aliphatic rings. The molecular formula is C21H19B2F2NO5. The van der Waals surface area contributed by atoms with E-state index in [1.807, 2.05) is 4.57 Å². The maximum atomic E-state index is 12.8. The van der Waals surface area contributed by atoms with E-state index in [4.69, 9.17) is 34.6 Å². The molecule has 2 aliphatic heterocycles. The van der Waals surface area contributed by atoms with E-state index < -0.39 is 11.7 Å². The molecule has 0 aliphatic carbocycles. The van der Waals surface area contributed by atoms with Gasteiger partial charge in [-0.25, -0.2) is 0 Å². The van der Waals surface area contributed by atoms with Crippen molar-refractivity contribution in [1.29, 1.82) is 0 Å². The van der Waals surface area contributed by atoms with Gasteiger partial charge in [0.2, 0.25) is 0 Å². The van der Waals surface area contributed by atoms with Crippen molar-refractivity contribution in [2.24, 2.45) is 0 Å². The zero-order valence-electron chi connectivity index (χ0n) is 17.0. The summed E-state index contributed by atoms with van der Waals surface area (Å²) < 4.78 is 48.9. The van der Waals surface area contributed by atoms with Crippen LogP contribution in [0.5, 0.6) is 11.6 Å². The van der Waals surface area contributed by atoms with Gasteiger partial charge in [-0.15, -0.1) is 0 Å². The largest absolute Gasteiger partial charge is 0.476 e. The van der Waals surface area contributed by atoms with Gasteiger partial charge in [-0.05, 0) is 37.1 Å². The molecule has 0 saturated carbocycles. The maximum Gasteiger partial charge on any atom is 0.296 e. The average molecular weight is 425 g/mol. The second kappa shape index (κ2) is 8.88. The van der Waals surface area contributed by atoms with Gasteiger partial charge >= 0.3 is 0 Å². The monoisotopic (exact) mass is 425 g/mol. The smallest absolute Gasteiger partial charge is 0.296 e. The quantitative estimate of drug-likeness (QED) is 0.538. The van der Waals surface area contributed by atoms with Crippen LogP contribution in [-0.4, -0.2) is 52.8 Å². The molecule has 4 radical (unpaired) electrons. The second-order valence-electron chi connectivity index (χ2n) is 7.35. The number of hydrogen-bond donors (Lipinski definition) is 0. The van der Waals surface area contributed by atoms with Crippen molar-refractivity contribution in [3.8, 4) is 22.9 Å². The topological polar surface area (TPSA) is 58.9 Å². The third-order valence-electron chi connectivity index (χ3n) is 5.33. The first kappa shape index (κ1) is 21.6. The zero-order chi connectivity index (χ0) is 22.1. The fourth-order valence-corrected chi connectivity index (χ4v) is 3.85. The molecule has 4 rings (SSSR count). The SMILES string of the molecule is [B]C(Oc1ccc2c(c1)CCn1c(OC[C@@H]3COCCO3)c([B])c(=O)c(C)c1-2)=C(F)F. The number of nitrogens with zero attached hydrogens (tertiary/aromatic N) is 1. The van der Waals surface area contributed by atoms with Gasteiger partial charge in [-0.2, -0.15) is 8.78 Å². The number of pyridine rings is 1. The van der Waals surface area contributed by atoms with E-state index >= 15 is 0 Å². The van der Waals surface area contributed by atoms with E-state index in [1.54, 1.807) is 19.1 Å². The first-order valence-electron chi connectivity index (χ1n) is 9.83. The first-order chi connectivity index (χ1) is 14.9. The molecule has 0 bridgehead atoms. The van der Waals surface area contributed by atoms with Gasteiger partial charge in [0, 0.05) is 23.1 Å². The number of hydrogen-bond acceptors (Lipinski definition) is 5. The van der Waals surface area contributed by atoms with Gasteiger partial charge in [0.1, 0.15) is 32.0 Å². The number of aromatic nitrogens is 1. The van der Waals surface area contributed by atoms with Crippen LogP contribution in [0.2, 0.25) is 0 Å². The molecule has 1 saturated heterocycles. The lowest BCUT2D eigenvalue weighted by molar-refractivity contribution is -0.102. The number of aryl methyl sites for hydroxylation is 1. The fourth-order valence-electron chi connectivity index (χ4n) is 3.85. The third kappa shape index (κ3) is 4.27. The summed E-state index contributed by atoms with van der Waals surface area (Å²) in [5.41, 5.74) is 1.54. The first-order valence-corrected chi connectivity index (χ1v) is 9.83. The van der Waals surface area contributed by atoms with Crippen molar-refractivity contribution < 1.29 is 27.7 Å². The number of benzene rings is 1. The summed E-state index contributed by atoms with van der Waals surface area (Å²) in [7, 11) is 11.3. The molecule has 0 unspecified atom stereocenters. The van der Waals surface area contributed by atoms with E-state index in [-0.39, 0.29) is 35.2 Å². The van der Waals surface area contributed by atoms with Crippen LogP contribution in [0.25, 0.3) is 11.3 Å². The molecule has 10 heteroatoms. The number of rotatable bonds is 5. The van der Waals surface area contributed by atoms with Gasteiger partial charge in [0.05, 0.1) is 25.5 Å². The Bertz CT molecular complexity index is 1090. The van der Waals surface area contributed by atoms with Crippen LogP contribution in [0.4, 0.5) is 8.78 Å². The number of fused-ring (bicyclic) bond motifs is 3. The van der Waals surface area contributed by atoms with Crippen molar-refractivity contribution >= 4 is 21.2 Å². The normalized spacial score (nSPS) is 17.5. The van der Waals surface area contributed by atoms with Gasteiger partial charge in [0.15, 0.2) is 19.2 Å². The van der Waals surface area contributed by atoms with Crippen molar-refractivity contribution in [1.82, 2.24) is 4.57 Å². The molecule has 6 nitrogen and oxygen atoms in total. The van der Waals surface area contributed by atoms with E-state index in [0.29, 0.717) is 44.0 Å². The van der Waals surface area contributed by atoms with E-state index in [2.05, 4.69) is 0 Å². The Morgan fingerprint density at radius 2 is 2.13 bits per heavy atom. The predicted molar refractivity (Wildman–Crippen MR) is 112 cm³/mol. The summed E-state index contributed by atoms with van der Waals surface area (Å²) in [6.07, 6.45) is -1.77. The molecule has 31 heavy (non-hydrogen) atoms. The Labute approximate surface area is 180 Å². The Morgan fingerprint density at radius 3 is 2.84 bits per heavy atom. The van der Waals surface area contributed by atoms with Gasteiger partial charge < -0.3 is 23.5 Å². The highest BCUT2D eigenvalue weighted by molar-refractivity contribution is 6.34. The van der Waals surface area contributed by atoms with Crippen molar-refractivity contribution in [2.75, 3.05) is 26.4 Å². The van der Waals surface area contributed by atoms with Crippen LogP contribution >= 0.6 is 0 Å². The van der Waals surface area contributed by atoms with Crippen LogP contribution in [-0.2, 0) is 22.4 Å². The minimum absolute atomic E-state index is 0.0395. The average Bonchev–Trinajstić information content (AvgIpc) is 2.77. The molecule has 0 spiro atoms. The summed E-state index contributed by atoms with van der Waals surface area (Å²) in [5, 5.41) is 0. The van der Waals surface area contributed by atoms with Crippen LogP contribution in [0.1, 0.15) is 11.1 Å². The highest BCUT2D eigenvalue weighted by atomic mass is 19.3. The van der Waals surface area contributed by atoms with Crippen LogP contribution < -0.4 is 20.4 Å². The molecule has 3 heterocycles. The minimum atomic E-state index is -2.09. The molecule has 2 aromatic rings. The van der Waals surface area contributed by atoms with Gasteiger partial charge in [0.25, 0.3) is 6.08 Å². The molecule has 0 amide bonds. The highest BCUT2D eigenvalue weighted by Gasteiger charge is 2.25. The van der Waals surface area contributed by atoms with Gasteiger partial charge in [-0.1, -0.05) is 0 Å². The van der Waals surface area contributed by atoms with Crippen LogP contribution in [0.3, 0.4) is 0 Å². The molecule has 1 atom stereocenters. The summed E-state index contributed by atoms with van der Waals surface area (Å²) in [4.78, 5) is 12.8. The van der Waals surface area contributed by atoms with Crippen LogP contribution in [0, 0.1) is 6.92 Å². The van der Waals surface area contributed by atoms with E-state index in [1.165, 1.54) is 6.07 Å². The Morgan fingerprint density at radius 1 is 1.32 bits per heavy atom. The van der Waals surface area contributed by atoms with E-state index in [0.717, 1.165) is 11.1 Å². The Kier molecular flexibility index (Phi) is 6.20.